The van der Waals surface area contributed by atoms with Gasteiger partial charge in [-0.2, -0.15) is 0 Å². The molecule has 0 N–H and O–H groups in total. The van der Waals surface area contributed by atoms with Crippen molar-refractivity contribution in [2.45, 2.75) is 23.6 Å². The molecule has 0 atom stereocenters. The van der Waals surface area contributed by atoms with Crippen molar-refractivity contribution in [3.05, 3.63) is 59.4 Å². The Morgan fingerprint density at radius 2 is 1.77 bits per heavy atom. The van der Waals surface area contributed by atoms with E-state index in [2.05, 4.69) is 24.3 Å². The number of hydrogen-bond donors (Lipinski definition) is 0. The molecule has 5 heteroatoms. The van der Waals surface area contributed by atoms with Crippen LogP contribution in [0, 0.1) is 10.1 Å². The first kappa shape index (κ1) is 14.2. The molecule has 0 amide bonds. The Bertz CT molecular complexity index is 767. The van der Waals surface area contributed by atoms with Crippen LogP contribution in [0.15, 0.2) is 54.7 Å². The molecule has 0 unspecified atom stereocenters. The minimum absolute atomic E-state index is 0.125. The van der Waals surface area contributed by atoms with Gasteiger partial charge in [-0.15, -0.1) is 0 Å². The summed E-state index contributed by atoms with van der Waals surface area (Å²) in [6, 6.07) is 16.0. The van der Waals surface area contributed by atoms with Crippen LogP contribution in [0.25, 0.3) is 0 Å². The van der Waals surface area contributed by atoms with E-state index in [9.17, 15) is 4.79 Å². The van der Waals surface area contributed by atoms with Crippen LogP contribution in [-0.2, 0) is 4.79 Å². The van der Waals surface area contributed by atoms with E-state index in [1.54, 1.807) is 12.3 Å². The molecule has 1 aromatic carbocycles. The van der Waals surface area contributed by atoms with Crippen molar-refractivity contribution < 1.29 is 9.63 Å². The van der Waals surface area contributed by atoms with Crippen LogP contribution in [0.2, 0.25) is 4.31 Å². The molecule has 1 heterocycles. The van der Waals surface area contributed by atoms with Crippen LogP contribution in [0.5, 0.6) is 0 Å². The first-order valence-electron chi connectivity index (χ1n) is 7.26. The number of hydrogen-bond acceptors (Lipinski definition) is 3. The molecule has 3 aliphatic rings. The van der Waals surface area contributed by atoms with Gasteiger partial charge in [0.25, 0.3) is 0 Å². The maximum atomic E-state index is 12.4. The Kier molecular flexibility index (Phi) is 3.26. The van der Waals surface area contributed by atoms with Crippen molar-refractivity contribution in [2.24, 2.45) is 5.41 Å². The van der Waals surface area contributed by atoms with Gasteiger partial charge in [0.15, 0.2) is 0 Å². The molecule has 3 saturated carbocycles. The van der Waals surface area contributed by atoms with Gasteiger partial charge in [-0.05, 0) is 0 Å². The summed E-state index contributed by atoms with van der Waals surface area (Å²) in [6.45, 7) is 0. The molecule has 3 aliphatic carbocycles. The molecule has 0 spiro atoms. The van der Waals surface area contributed by atoms with Crippen molar-refractivity contribution in [2.75, 3.05) is 0 Å². The Morgan fingerprint density at radius 1 is 1.09 bits per heavy atom. The Labute approximate surface area is 140 Å². The second kappa shape index (κ2) is 5.05. The molecule has 0 radical (unpaired) electrons. The number of rotatable bonds is 4. The first-order valence-corrected chi connectivity index (χ1v) is 9.38. The van der Waals surface area contributed by atoms with Crippen molar-refractivity contribution in [3.8, 4) is 0 Å². The second-order valence-corrected chi connectivity index (χ2v) is 9.80. The van der Waals surface area contributed by atoms with E-state index in [1.165, 1.54) is 9.19 Å². The van der Waals surface area contributed by atoms with Gasteiger partial charge in [-0.1, -0.05) is 0 Å². The molecule has 112 valence electrons. The van der Waals surface area contributed by atoms with Gasteiger partial charge in [0.1, 0.15) is 0 Å². The third kappa shape index (κ3) is 2.24. The van der Waals surface area contributed by atoms with Gasteiger partial charge in [-0.25, -0.2) is 0 Å². The molecule has 2 aromatic rings. The Balaban J connectivity index is 1.40. The van der Waals surface area contributed by atoms with Crippen molar-refractivity contribution in [1.82, 2.24) is 4.73 Å². The van der Waals surface area contributed by atoms with Crippen LogP contribution in [0.4, 0.5) is 0 Å². The number of benzene rings is 1. The Hall–Kier alpha value is -1.42. The van der Waals surface area contributed by atoms with E-state index in [0.717, 1.165) is 19.3 Å². The molecule has 3 fully saturated rings. The average Bonchev–Trinajstić information content (AvgIpc) is 2.45. The van der Waals surface area contributed by atoms with E-state index in [-0.39, 0.29) is 11.4 Å². The summed E-state index contributed by atoms with van der Waals surface area (Å²) in [6.07, 6.45) is 4.59. The molecule has 1 aromatic heterocycles. The standard InChI is InChI=1S/C17H15NO2SSe/c19-15(20-18-9-5-4-8-14(18)21)16-10-17(11-16,12-16)22-13-6-2-1-3-7-13/h1-9H,10-12H2. The van der Waals surface area contributed by atoms with Crippen LogP contribution in [0.3, 0.4) is 0 Å². The van der Waals surface area contributed by atoms with Gasteiger partial charge < -0.3 is 0 Å². The predicted octanol–water partition coefficient (Wildman–Crippen LogP) is 2.55. The summed E-state index contributed by atoms with van der Waals surface area (Å²) < 4.78 is 3.71. The molecular weight excluding hydrogens is 361 g/mol. The zero-order chi connectivity index (χ0) is 15.2. The molecule has 0 aliphatic heterocycles. The van der Waals surface area contributed by atoms with Crippen molar-refractivity contribution in [1.29, 1.82) is 0 Å². The van der Waals surface area contributed by atoms with Crippen LogP contribution in [-0.4, -0.2) is 25.7 Å². The first-order chi connectivity index (χ1) is 10.6. The predicted molar refractivity (Wildman–Crippen MR) is 87.7 cm³/mol. The third-order valence-electron chi connectivity index (χ3n) is 4.46. The third-order valence-corrected chi connectivity index (χ3v) is 7.66. The molecule has 22 heavy (non-hydrogen) atoms. The van der Waals surface area contributed by atoms with Gasteiger partial charge in [0.05, 0.1) is 0 Å². The number of carbonyl (C=O) groups is 1. The number of aromatic nitrogens is 1. The number of pyridine rings is 1. The monoisotopic (exact) mass is 377 g/mol. The number of carbonyl (C=O) groups excluding carboxylic acids is 1. The van der Waals surface area contributed by atoms with Crippen LogP contribution >= 0.6 is 12.2 Å². The normalized spacial score (nSPS) is 28.4. The summed E-state index contributed by atoms with van der Waals surface area (Å²) in [7, 11) is 0. The van der Waals surface area contributed by atoms with Crippen LogP contribution in [0.1, 0.15) is 19.3 Å². The van der Waals surface area contributed by atoms with E-state index in [1.807, 2.05) is 18.2 Å². The quantitative estimate of drug-likeness (QED) is 0.607. The van der Waals surface area contributed by atoms with Gasteiger partial charge in [0.2, 0.25) is 0 Å². The molecule has 2 bridgehead atoms. The topological polar surface area (TPSA) is 31.2 Å². The zero-order valence-corrected chi connectivity index (χ0v) is 14.4. The fourth-order valence-corrected chi connectivity index (χ4v) is 7.47. The molecular formula is C17H15NO2SSe. The van der Waals surface area contributed by atoms with E-state index in [4.69, 9.17) is 17.1 Å². The van der Waals surface area contributed by atoms with Gasteiger partial charge in [-0.3, -0.25) is 0 Å². The minimum atomic E-state index is -0.249. The maximum absolute atomic E-state index is 12.4. The number of nitrogens with zero attached hydrogens (tertiary/aromatic N) is 1. The fraction of sp³-hybridized carbons (Fsp3) is 0.294. The average molecular weight is 376 g/mol. The molecule has 5 rings (SSSR count). The molecule has 3 nitrogen and oxygen atoms in total. The van der Waals surface area contributed by atoms with Crippen molar-refractivity contribution in [3.63, 3.8) is 0 Å². The Morgan fingerprint density at radius 3 is 2.45 bits per heavy atom. The summed E-state index contributed by atoms with van der Waals surface area (Å²) in [5.74, 6) is -0.125. The van der Waals surface area contributed by atoms with E-state index < -0.39 is 0 Å². The van der Waals surface area contributed by atoms with Gasteiger partial charge in [0, 0.05) is 0 Å². The zero-order valence-electron chi connectivity index (χ0n) is 11.9. The summed E-state index contributed by atoms with van der Waals surface area (Å²) >= 11 is 5.60. The van der Waals surface area contributed by atoms with Crippen LogP contribution < -0.4 is 9.30 Å². The molecule has 0 saturated heterocycles. The SMILES string of the molecule is O=C(On1ccccc1=S)C12CC([Se]c3ccccc3)(C1)C2. The summed E-state index contributed by atoms with van der Waals surface area (Å²) in [4.78, 5) is 17.9. The van der Waals surface area contributed by atoms with Gasteiger partial charge >= 0.3 is 140 Å². The van der Waals surface area contributed by atoms with Crippen molar-refractivity contribution >= 4 is 37.6 Å². The van der Waals surface area contributed by atoms with E-state index >= 15 is 0 Å². The fourth-order valence-electron chi connectivity index (χ4n) is 3.43. The summed E-state index contributed by atoms with van der Waals surface area (Å²) in [5, 5.41) is 0. The second-order valence-electron chi connectivity index (χ2n) is 6.15. The summed E-state index contributed by atoms with van der Waals surface area (Å²) in [5.41, 5.74) is -0.249. The van der Waals surface area contributed by atoms with E-state index in [0.29, 0.717) is 23.9 Å².